The molecule has 3 atom stereocenters. The molecule has 80 valence electrons. The summed E-state index contributed by atoms with van der Waals surface area (Å²) in [5.41, 5.74) is 6.82. The minimum absolute atomic E-state index is 0.616. The van der Waals surface area contributed by atoms with Gasteiger partial charge in [0.05, 0.1) is 18.1 Å². The molecule has 3 rings (SSSR count). The van der Waals surface area contributed by atoms with Gasteiger partial charge in [0, 0.05) is 12.1 Å². The van der Waals surface area contributed by atoms with Crippen LogP contribution in [0.5, 0.6) is 0 Å². The highest BCUT2D eigenvalue weighted by Gasteiger charge is 2.51. The Hall–Kier alpha value is -1.16. The van der Waals surface area contributed by atoms with Crippen LogP contribution in [-0.4, -0.2) is 28.6 Å². The second-order valence-corrected chi connectivity index (χ2v) is 4.53. The Balaban J connectivity index is 1.83. The Morgan fingerprint density at radius 2 is 2.13 bits per heavy atom. The normalized spacial score (nSPS) is 32.9. The van der Waals surface area contributed by atoms with Gasteiger partial charge in [-0.1, -0.05) is 0 Å². The van der Waals surface area contributed by atoms with Crippen LogP contribution in [0, 0.1) is 5.92 Å². The maximum Gasteiger partial charge on any atom is 0.115 e. The zero-order valence-corrected chi connectivity index (χ0v) is 8.71. The number of nitrogens with two attached hydrogens (primary N) is 1. The summed E-state index contributed by atoms with van der Waals surface area (Å²) in [6.07, 6.45) is 9.14. The topological polar surface area (TPSA) is 55.0 Å². The highest BCUT2D eigenvalue weighted by Crippen LogP contribution is 2.50. The fourth-order valence-electron chi connectivity index (χ4n) is 2.84. The number of fused-ring (bicyclic) bond motifs is 1. The van der Waals surface area contributed by atoms with Gasteiger partial charge in [0.15, 0.2) is 0 Å². The zero-order chi connectivity index (χ0) is 10.3. The first-order valence-corrected chi connectivity index (χ1v) is 5.63. The monoisotopic (exact) mass is 204 g/mol. The second kappa shape index (κ2) is 3.45. The maximum atomic E-state index is 5.65. The molecular weight excluding hydrogens is 188 g/mol. The van der Waals surface area contributed by atoms with E-state index in [4.69, 9.17) is 5.73 Å². The van der Waals surface area contributed by atoms with Gasteiger partial charge in [0.2, 0.25) is 0 Å². The SMILES string of the molecule is NCCC1CC2CC2N1c1cncnc1. The van der Waals surface area contributed by atoms with Crippen molar-refractivity contribution in [2.24, 2.45) is 11.7 Å². The van der Waals surface area contributed by atoms with Crippen molar-refractivity contribution in [2.45, 2.75) is 31.3 Å². The standard InChI is InChI=1S/C11H16N4/c12-2-1-9-3-8-4-11(8)15(9)10-5-13-7-14-6-10/h5-9,11H,1-4,12H2. The van der Waals surface area contributed by atoms with Gasteiger partial charge < -0.3 is 10.6 Å². The number of nitrogens with zero attached hydrogens (tertiary/aromatic N) is 3. The molecular formula is C11H16N4. The Labute approximate surface area is 89.5 Å². The smallest absolute Gasteiger partial charge is 0.115 e. The molecule has 15 heavy (non-hydrogen) atoms. The molecule has 1 aromatic rings. The summed E-state index contributed by atoms with van der Waals surface area (Å²) in [6, 6.07) is 1.36. The van der Waals surface area contributed by atoms with E-state index >= 15 is 0 Å². The molecule has 4 nitrogen and oxygen atoms in total. The molecule has 0 amide bonds. The molecule has 0 spiro atoms. The van der Waals surface area contributed by atoms with Gasteiger partial charge in [0.1, 0.15) is 6.33 Å². The van der Waals surface area contributed by atoms with Crippen LogP contribution in [0.4, 0.5) is 5.69 Å². The largest absolute Gasteiger partial charge is 0.363 e. The Kier molecular flexibility index (Phi) is 2.09. The number of rotatable bonds is 3. The molecule has 2 aliphatic rings. The van der Waals surface area contributed by atoms with Gasteiger partial charge in [-0.2, -0.15) is 0 Å². The first-order valence-electron chi connectivity index (χ1n) is 5.63. The van der Waals surface area contributed by atoms with E-state index in [0.717, 1.165) is 24.9 Å². The predicted molar refractivity (Wildman–Crippen MR) is 58.5 cm³/mol. The lowest BCUT2D eigenvalue weighted by atomic mass is 10.1. The number of piperidine rings is 1. The summed E-state index contributed by atoms with van der Waals surface area (Å²) in [5, 5.41) is 0. The van der Waals surface area contributed by atoms with Gasteiger partial charge in [-0.25, -0.2) is 9.97 Å². The molecule has 1 aliphatic heterocycles. The average Bonchev–Trinajstić information content (AvgIpc) is 2.92. The first kappa shape index (κ1) is 9.09. The van der Waals surface area contributed by atoms with Crippen LogP contribution < -0.4 is 10.6 Å². The van der Waals surface area contributed by atoms with E-state index in [-0.39, 0.29) is 0 Å². The van der Waals surface area contributed by atoms with E-state index in [1.54, 1.807) is 6.33 Å². The Morgan fingerprint density at radius 3 is 2.87 bits per heavy atom. The molecule has 2 heterocycles. The third kappa shape index (κ3) is 1.49. The number of aromatic nitrogens is 2. The Morgan fingerprint density at radius 1 is 1.33 bits per heavy atom. The first-order chi connectivity index (χ1) is 7.40. The molecule has 1 saturated heterocycles. The maximum absolute atomic E-state index is 5.65. The summed E-state index contributed by atoms with van der Waals surface area (Å²) in [4.78, 5) is 10.7. The van der Waals surface area contributed by atoms with Crippen molar-refractivity contribution in [2.75, 3.05) is 11.4 Å². The lowest BCUT2D eigenvalue weighted by molar-refractivity contribution is 0.562. The lowest BCUT2D eigenvalue weighted by Gasteiger charge is -2.28. The van der Waals surface area contributed by atoms with Crippen molar-refractivity contribution in [3.8, 4) is 0 Å². The van der Waals surface area contributed by atoms with E-state index < -0.39 is 0 Å². The van der Waals surface area contributed by atoms with Gasteiger partial charge in [-0.05, 0) is 31.7 Å². The van der Waals surface area contributed by atoms with Crippen LogP contribution in [0.3, 0.4) is 0 Å². The van der Waals surface area contributed by atoms with Gasteiger partial charge in [0.25, 0.3) is 0 Å². The molecule has 1 saturated carbocycles. The minimum atomic E-state index is 0.616. The third-order valence-electron chi connectivity index (χ3n) is 3.56. The highest BCUT2D eigenvalue weighted by atomic mass is 15.3. The third-order valence-corrected chi connectivity index (χ3v) is 3.56. The zero-order valence-electron chi connectivity index (χ0n) is 8.71. The van der Waals surface area contributed by atoms with Crippen LogP contribution in [0.25, 0.3) is 0 Å². The van der Waals surface area contributed by atoms with Crippen molar-refractivity contribution in [1.82, 2.24) is 9.97 Å². The Bertz CT molecular complexity index is 340. The minimum Gasteiger partial charge on any atom is -0.363 e. The quantitative estimate of drug-likeness (QED) is 0.791. The fraction of sp³-hybridized carbons (Fsp3) is 0.636. The van der Waals surface area contributed by atoms with Gasteiger partial charge >= 0.3 is 0 Å². The highest BCUT2D eigenvalue weighted by molar-refractivity contribution is 5.49. The van der Waals surface area contributed by atoms with Crippen molar-refractivity contribution >= 4 is 5.69 Å². The van der Waals surface area contributed by atoms with E-state index in [9.17, 15) is 0 Å². The van der Waals surface area contributed by atoms with Crippen LogP contribution in [0.15, 0.2) is 18.7 Å². The van der Waals surface area contributed by atoms with Crippen molar-refractivity contribution < 1.29 is 0 Å². The van der Waals surface area contributed by atoms with Gasteiger partial charge in [-0.15, -0.1) is 0 Å². The van der Waals surface area contributed by atoms with Crippen molar-refractivity contribution in [1.29, 1.82) is 0 Å². The fourth-order valence-corrected chi connectivity index (χ4v) is 2.84. The van der Waals surface area contributed by atoms with Crippen LogP contribution >= 0.6 is 0 Å². The van der Waals surface area contributed by atoms with E-state index in [1.807, 2.05) is 12.4 Å². The lowest BCUT2D eigenvalue weighted by Crippen LogP contribution is -2.34. The summed E-state index contributed by atoms with van der Waals surface area (Å²) in [5.74, 6) is 0.904. The molecule has 4 heteroatoms. The summed E-state index contributed by atoms with van der Waals surface area (Å²) in [6.45, 7) is 0.772. The predicted octanol–water partition coefficient (Wildman–Crippen LogP) is 0.793. The van der Waals surface area contributed by atoms with Gasteiger partial charge in [-0.3, -0.25) is 0 Å². The number of hydrogen-bond acceptors (Lipinski definition) is 4. The van der Waals surface area contributed by atoms with Crippen molar-refractivity contribution in [3.05, 3.63) is 18.7 Å². The van der Waals surface area contributed by atoms with E-state index in [2.05, 4.69) is 14.9 Å². The summed E-state index contributed by atoms with van der Waals surface area (Å²) >= 11 is 0. The molecule has 2 fully saturated rings. The molecule has 1 aromatic heterocycles. The van der Waals surface area contributed by atoms with Crippen LogP contribution in [0.1, 0.15) is 19.3 Å². The average molecular weight is 204 g/mol. The molecule has 3 unspecified atom stereocenters. The molecule has 1 aliphatic carbocycles. The number of hydrogen-bond donors (Lipinski definition) is 1. The van der Waals surface area contributed by atoms with Crippen LogP contribution in [-0.2, 0) is 0 Å². The number of anilines is 1. The van der Waals surface area contributed by atoms with Crippen molar-refractivity contribution in [3.63, 3.8) is 0 Å². The summed E-state index contributed by atoms with van der Waals surface area (Å²) < 4.78 is 0. The van der Waals surface area contributed by atoms with Crippen LogP contribution in [0.2, 0.25) is 0 Å². The second-order valence-electron chi connectivity index (χ2n) is 4.53. The van der Waals surface area contributed by atoms with E-state index in [1.165, 1.54) is 18.5 Å². The molecule has 0 aromatic carbocycles. The molecule has 0 bridgehead atoms. The summed E-state index contributed by atoms with van der Waals surface area (Å²) in [7, 11) is 0. The molecule has 2 N–H and O–H groups in total. The molecule has 0 radical (unpaired) electrons. The van der Waals surface area contributed by atoms with E-state index in [0.29, 0.717) is 6.04 Å².